The Morgan fingerprint density at radius 3 is 2.60 bits per heavy atom. The lowest BCUT2D eigenvalue weighted by molar-refractivity contribution is 0.0986. The summed E-state index contributed by atoms with van der Waals surface area (Å²) < 4.78 is 29.2. The zero-order valence-electron chi connectivity index (χ0n) is 10.7. The van der Waals surface area contributed by atoms with Gasteiger partial charge in [-0.2, -0.15) is 5.10 Å². The van der Waals surface area contributed by atoms with Crippen LogP contribution in [0, 0.1) is 18.6 Å². The standard InChI is InChI=1S/C13H10BrClF2N2O/c1-6-13(14)11(19(2)18-6)5-12(20)7-3-10(17)8(15)4-9(7)16/h3-4H,5H2,1-2H3. The molecular formula is C13H10BrClF2N2O. The maximum atomic E-state index is 13.7. The van der Waals surface area contributed by atoms with E-state index >= 15 is 0 Å². The van der Waals surface area contributed by atoms with Gasteiger partial charge in [-0.05, 0) is 35.0 Å². The second-order valence-corrected chi connectivity index (χ2v) is 5.52. The van der Waals surface area contributed by atoms with Crippen LogP contribution in [0.2, 0.25) is 5.02 Å². The number of hydrogen-bond acceptors (Lipinski definition) is 2. The lowest BCUT2D eigenvalue weighted by Crippen LogP contribution is -2.10. The quantitative estimate of drug-likeness (QED) is 0.613. The van der Waals surface area contributed by atoms with Crippen LogP contribution in [0.3, 0.4) is 0 Å². The predicted octanol–water partition coefficient (Wildman–Crippen LogP) is 3.85. The van der Waals surface area contributed by atoms with E-state index in [2.05, 4.69) is 21.0 Å². The van der Waals surface area contributed by atoms with Crippen LogP contribution >= 0.6 is 27.5 Å². The minimum absolute atomic E-state index is 0.0874. The molecule has 0 atom stereocenters. The van der Waals surface area contributed by atoms with Crippen molar-refractivity contribution in [3.63, 3.8) is 0 Å². The Kier molecular flexibility index (Phi) is 4.25. The van der Waals surface area contributed by atoms with Crippen molar-refractivity contribution in [2.24, 2.45) is 7.05 Å². The van der Waals surface area contributed by atoms with E-state index in [0.717, 1.165) is 17.8 Å². The lowest BCUT2D eigenvalue weighted by atomic mass is 10.1. The lowest BCUT2D eigenvalue weighted by Gasteiger charge is -2.05. The van der Waals surface area contributed by atoms with Gasteiger partial charge < -0.3 is 0 Å². The van der Waals surface area contributed by atoms with Crippen LogP contribution < -0.4 is 0 Å². The van der Waals surface area contributed by atoms with Gasteiger partial charge in [0, 0.05) is 7.05 Å². The molecule has 0 radical (unpaired) electrons. The fraction of sp³-hybridized carbons (Fsp3) is 0.231. The summed E-state index contributed by atoms with van der Waals surface area (Å²) in [6, 6.07) is 1.62. The smallest absolute Gasteiger partial charge is 0.171 e. The number of nitrogens with zero attached hydrogens (tertiary/aromatic N) is 2. The molecule has 1 aromatic heterocycles. The van der Waals surface area contributed by atoms with Crippen molar-refractivity contribution >= 4 is 33.3 Å². The third kappa shape index (κ3) is 2.76. The highest BCUT2D eigenvalue weighted by molar-refractivity contribution is 9.10. The molecule has 0 fully saturated rings. The summed E-state index contributed by atoms with van der Waals surface area (Å²) >= 11 is 8.78. The van der Waals surface area contributed by atoms with Gasteiger partial charge in [0.1, 0.15) is 11.6 Å². The Morgan fingerprint density at radius 2 is 2.05 bits per heavy atom. The zero-order valence-corrected chi connectivity index (χ0v) is 13.0. The fourth-order valence-electron chi connectivity index (χ4n) is 1.86. The SMILES string of the molecule is Cc1nn(C)c(CC(=O)c2cc(F)c(Cl)cc2F)c1Br. The third-order valence-corrected chi connectivity index (χ3v) is 4.22. The number of ketones is 1. The first-order valence-corrected chi connectivity index (χ1v) is 6.84. The topological polar surface area (TPSA) is 34.9 Å². The van der Waals surface area contributed by atoms with Crippen LogP contribution in [0.1, 0.15) is 21.7 Å². The number of rotatable bonds is 3. The van der Waals surface area contributed by atoms with Crippen LogP contribution in [0.4, 0.5) is 8.78 Å². The monoisotopic (exact) mass is 362 g/mol. The average molecular weight is 364 g/mol. The molecule has 0 aliphatic carbocycles. The van der Waals surface area contributed by atoms with E-state index in [4.69, 9.17) is 11.6 Å². The summed E-state index contributed by atoms with van der Waals surface area (Å²) in [5, 5.41) is 3.79. The predicted molar refractivity (Wildman–Crippen MR) is 75.0 cm³/mol. The summed E-state index contributed by atoms with van der Waals surface area (Å²) in [7, 11) is 1.68. The molecule has 106 valence electrons. The molecule has 0 aliphatic rings. The normalized spacial score (nSPS) is 10.9. The maximum Gasteiger partial charge on any atom is 0.171 e. The highest BCUT2D eigenvalue weighted by Crippen LogP contribution is 2.24. The van der Waals surface area contributed by atoms with Crippen LogP contribution in [-0.2, 0) is 13.5 Å². The number of carbonyl (C=O) groups is 1. The highest BCUT2D eigenvalue weighted by Gasteiger charge is 2.19. The van der Waals surface area contributed by atoms with Gasteiger partial charge in [-0.15, -0.1) is 0 Å². The van der Waals surface area contributed by atoms with Gasteiger partial charge in [0.05, 0.1) is 32.9 Å². The van der Waals surface area contributed by atoms with Crippen molar-refractivity contribution in [2.75, 3.05) is 0 Å². The molecule has 3 nitrogen and oxygen atoms in total. The molecule has 1 heterocycles. The fourth-order valence-corrected chi connectivity index (χ4v) is 2.48. The minimum Gasteiger partial charge on any atom is -0.294 e. The van der Waals surface area contributed by atoms with Crippen LogP contribution in [0.5, 0.6) is 0 Å². The minimum atomic E-state index is -0.837. The van der Waals surface area contributed by atoms with E-state index in [9.17, 15) is 13.6 Å². The average Bonchev–Trinajstić information content (AvgIpc) is 2.60. The van der Waals surface area contributed by atoms with Crippen molar-refractivity contribution < 1.29 is 13.6 Å². The van der Waals surface area contributed by atoms with Gasteiger partial charge >= 0.3 is 0 Å². The Morgan fingerprint density at radius 1 is 1.40 bits per heavy atom. The van der Waals surface area contributed by atoms with Crippen LogP contribution in [-0.4, -0.2) is 15.6 Å². The largest absolute Gasteiger partial charge is 0.294 e. The molecule has 2 rings (SSSR count). The molecule has 20 heavy (non-hydrogen) atoms. The number of hydrogen-bond donors (Lipinski definition) is 0. The van der Waals surface area contributed by atoms with E-state index in [0.29, 0.717) is 10.2 Å². The summed E-state index contributed by atoms with van der Waals surface area (Å²) in [6.07, 6.45) is -0.0874. The molecule has 0 amide bonds. The van der Waals surface area contributed by atoms with E-state index in [1.54, 1.807) is 14.0 Å². The number of benzene rings is 1. The number of aromatic nitrogens is 2. The highest BCUT2D eigenvalue weighted by atomic mass is 79.9. The second kappa shape index (κ2) is 5.61. The first kappa shape index (κ1) is 15.1. The molecule has 1 aromatic carbocycles. The summed E-state index contributed by atoms with van der Waals surface area (Å²) in [4.78, 5) is 12.1. The Balaban J connectivity index is 2.36. The van der Waals surface area contributed by atoms with Gasteiger partial charge in [-0.3, -0.25) is 9.48 Å². The van der Waals surface area contributed by atoms with Gasteiger partial charge in [0.25, 0.3) is 0 Å². The van der Waals surface area contributed by atoms with Crippen LogP contribution in [0.25, 0.3) is 0 Å². The number of aryl methyl sites for hydroxylation is 2. The number of halogens is 4. The third-order valence-electron chi connectivity index (χ3n) is 2.90. The summed E-state index contributed by atoms with van der Waals surface area (Å²) in [6.45, 7) is 1.78. The molecule has 0 bridgehead atoms. The molecule has 0 spiro atoms. The molecule has 0 saturated heterocycles. The van der Waals surface area contributed by atoms with E-state index < -0.39 is 17.4 Å². The summed E-state index contributed by atoms with van der Waals surface area (Å²) in [5.41, 5.74) is 0.998. The molecular weight excluding hydrogens is 354 g/mol. The number of carbonyl (C=O) groups excluding carboxylic acids is 1. The Bertz CT molecular complexity index is 700. The zero-order chi connectivity index (χ0) is 15.0. The summed E-state index contributed by atoms with van der Waals surface area (Å²) in [5.74, 6) is -2.20. The molecule has 0 saturated carbocycles. The van der Waals surface area contributed by atoms with Crippen molar-refractivity contribution in [2.45, 2.75) is 13.3 Å². The van der Waals surface area contributed by atoms with Gasteiger partial charge in [-0.25, -0.2) is 8.78 Å². The van der Waals surface area contributed by atoms with E-state index in [-0.39, 0.29) is 17.0 Å². The van der Waals surface area contributed by atoms with E-state index in [1.165, 1.54) is 4.68 Å². The van der Waals surface area contributed by atoms with Crippen molar-refractivity contribution in [3.05, 3.63) is 50.2 Å². The van der Waals surface area contributed by atoms with E-state index in [1.807, 2.05) is 0 Å². The first-order chi connectivity index (χ1) is 9.31. The molecule has 2 aromatic rings. The molecule has 7 heteroatoms. The molecule has 0 aliphatic heterocycles. The first-order valence-electron chi connectivity index (χ1n) is 5.67. The second-order valence-electron chi connectivity index (χ2n) is 4.32. The Labute approximate surface area is 127 Å². The number of Topliss-reactive ketones (excluding diaryl/α,β-unsaturated/α-hetero) is 1. The van der Waals surface area contributed by atoms with Crippen molar-refractivity contribution in [3.8, 4) is 0 Å². The van der Waals surface area contributed by atoms with Crippen molar-refractivity contribution in [1.82, 2.24) is 9.78 Å². The maximum absolute atomic E-state index is 13.7. The molecule has 0 unspecified atom stereocenters. The van der Waals surface area contributed by atoms with Crippen LogP contribution in [0.15, 0.2) is 16.6 Å². The Hall–Kier alpha value is -1.27. The van der Waals surface area contributed by atoms with Gasteiger partial charge in [-0.1, -0.05) is 11.6 Å². The van der Waals surface area contributed by atoms with Crippen molar-refractivity contribution in [1.29, 1.82) is 0 Å². The van der Waals surface area contributed by atoms with Gasteiger partial charge in [0.2, 0.25) is 0 Å². The molecule has 0 N–H and O–H groups in total. The van der Waals surface area contributed by atoms with Gasteiger partial charge in [0.15, 0.2) is 5.78 Å².